The lowest BCUT2D eigenvalue weighted by Crippen LogP contribution is -2.48. The summed E-state index contributed by atoms with van der Waals surface area (Å²) in [5.74, 6) is 0. The SMILES string of the molecule is CCN1CCCCC1CNC1CCCOC1. The minimum Gasteiger partial charge on any atom is -0.380 e. The van der Waals surface area contributed by atoms with Crippen LogP contribution in [0, 0.1) is 0 Å². The van der Waals surface area contributed by atoms with E-state index in [1.807, 2.05) is 0 Å². The monoisotopic (exact) mass is 226 g/mol. The highest BCUT2D eigenvalue weighted by Gasteiger charge is 2.22. The second kappa shape index (κ2) is 6.58. The van der Waals surface area contributed by atoms with Crippen LogP contribution in [-0.2, 0) is 4.74 Å². The van der Waals surface area contributed by atoms with Crippen LogP contribution < -0.4 is 5.32 Å². The fourth-order valence-corrected chi connectivity index (χ4v) is 2.91. The van der Waals surface area contributed by atoms with Gasteiger partial charge >= 0.3 is 0 Å². The highest BCUT2D eigenvalue weighted by Crippen LogP contribution is 2.16. The number of nitrogens with one attached hydrogen (secondary N) is 1. The van der Waals surface area contributed by atoms with Crippen molar-refractivity contribution in [2.45, 2.75) is 51.1 Å². The second-order valence-corrected chi connectivity index (χ2v) is 5.10. The van der Waals surface area contributed by atoms with E-state index in [-0.39, 0.29) is 0 Å². The van der Waals surface area contributed by atoms with Gasteiger partial charge in [-0.3, -0.25) is 4.90 Å². The summed E-state index contributed by atoms with van der Waals surface area (Å²) in [6, 6.07) is 1.37. The molecule has 2 aliphatic rings. The average Bonchev–Trinajstić information content (AvgIpc) is 2.38. The molecule has 94 valence electrons. The van der Waals surface area contributed by atoms with Crippen LogP contribution in [0.3, 0.4) is 0 Å². The van der Waals surface area contributed by atoms with E-state index in [1.54, 1.807) is 0 Å². The highest BCUT2D eigenvalue weighted by molar-refractivity contribution is 4.80. The van der Waals surface area contributed by atoms with E-state index in [1.165, 1.54) is 45.2 Å². The van der Waals surface area contributed by atoms with Gasteiger partial charge in [0.25, 0.3) is 0 Å². The molecule has 0 saturated carbocycles. The quantitative estimate of drug-likeness (QED) is 0.788. The molecule has 0 aliphatic carbocycles. The van der Waals surface area contributed by atoms with Gasteiger partial charge in [-0.05, 0) is 38.8 Å². The van der Waals surface area contributed by atoms with Crippen molar-refractivity contribution in [1.82, 2.24) is 10.2 Å². The number of rotatable bonds is 4. The number of piperidine rings is 1. The van der Waals surface area contributed by atoms with E-state index in [0.717, 1.165) is 25.8 Å². The molecule has 2 aliphatic heterocycles. The van der Waals surface area contributed by atoms with Gasteiger partial charge in [-0.2, -0.15) is 0 Å². The minimum atomic E-state index is 0.606. The molecule has 2 rings (SSSR count). The first-order valence-corrected chi connectivity index (χ1v) is 6.95. The third-order valence-electron chi connectivity index (χ3n) is 3.96. The summed E-state index contributed by atoms with van der Waals surface area (Å²) >= 11 is 0. The lowest BCUT2D eigenvalue weighted by Gasteiger charge is -2.36. The van der Waals surface area contributed by atoms with Gasteiger partial charge < -0.3 is 10.1 Å². The third-order valence-corrected chi connectivity index (χ3v) is 3.96. The number of likely N-dealkylation sites (N-methyl/N-ethyl adjacent to an activating group) is 1. The molecule has 0 aromatic heterocycles. The fourth-order valence-electron chi connectivity index (χ4n) is 2.91. The van der Waals surface area contributed by atoms with Crippen molar-refractivity contribution in [1.29, 1.82) is 0 Å². The Hall–Kier alpha value is -0.120. The fraction of sp³-hybridized carbons (Fsp3) is 1.00. The normalized spacial score (nSPS) is 32.8. The smallest absolute Gasteiger partial charge is 0.0619 e. The summed E-state index contributed by atoms with van der Waals surface area (Å²) in [7, 11) is 0. The zero-order chi connectivity index (χ0) is 11.2. The summed E-state index contributed by atoms with van der Waals surface area (Å²) in [5, 5.41) is 3.69. The molecule has 1 N–H and O–H groups in total. The van der Waals surface area contributed by atoms with Gasteiger partial charge in [0.1, 0.15) is 0 Å². The molecule has 0 aromatic rings. The maximum atomic E-state index is 5.50. The van der Waals surface area contributed by atoms with E-state index in [9.17, 15) is 0 Å². The molecule has 0 aromatic carbocycles. The molecule has 0 spiro atoms. The van der Waals surface area contributed by atoms with Gasteiger partial charge in [0.05, 0.1) is 6.61 Å². The molecule has 0 radical (unpaired) electrons. The predicted octanol–water partition coefficient (Wildman–Crippen LogP) is 1.63. The molecule has 3 heteroatoms. The van der Waals surface area contributed by atoms with Crippen LogP contribution in [0.4, 0.5) is 0 Å². The molecule has 2 fully saturated rings. The molecule has 3 nitrogen and oxygen atoms in total. The summed E-state index contributed by atoms with van der Waals surface area (Å²) in [4.78, 5) is 2.63. The van der Waals surface area contributed by atoms with E-state index in [0.29, 0.717) is 6.04 Å². The van der Waals surface area contributed by atoms with Crippen LogP contribution in [0.5, 0.6) is 0 Å². The molecular weight excluding hydrogens is 200 g/mol. The van der Waals surface area contributed by atoms with Gasteiger partial charge in [0.15, 0.2) is 0 Å². The minimum absolute atomic E-state index is 0.606. The zero-order valence-electron chi connectivity index (χ0n) is 10.6. The summed E-state index contributed by atoms with van der Waals surface area (Å²) in [6.07, 6.45) is 6.67. The zero-order valence-corrected chi connectivity index (χ0v) is 10.6. The van der Waals surface area contributed by atoms with Crippen LogP contribution in [0.25, 0.3) is 0 Å². The summed E-state index contributed by atoms with van der Waals surface area (Å²) in [5.41, 5.74) is 0. The van der Waals surface area contributed by atoms with Gasteiger partial charge in [-0.15, -0.1) is 0 Å². The lowest BCUT2D eigenvalue weighted by atomic mass is 10.0. The first-order valence-electron chi connectivity index (χ1n) is 6.95. The van der Waals surface area contributed by atoms with Crippen LogP contribution >= 0.6 is 0 Å². The van der Waals surface area contributed by atoms with Crippen molar-refractivity contribution in [3.8, 4) is 0 Å². The number of likely N-dealkylation sites (tertiary alicyclic amines) is 1. The molecule has 0 bridgehead atoms. The van der Waals surface area contributed by atoms with Crippen molar-refractivity contribution >= 4 is 0 Å². The Morgan fingerprint density at radius 2 is 2.19 bits per heavy atom. The topological polar surface area (TPSA) is 24.5 Å². The first kappa shape index (κ1) is 12.3. The van der Waals surface area contributed by atoms with E-state index in [2.05, 4.69) is 17.1 Å². The maximum absolute atomic E-state index is 5.50. The Kier molecular flexibility index (Phi) is 5.07. The maximum Gasteiger partial charge on any atom is 0.0619 e. The Labute approximate surface area is 99.5 Å². The van der Waals surface area contributed by atoms with Crippen molar-refractivity contribution in [3.05, 3.63) is 0 Å². The second-order valence-electron chi connectivity index (χ2n) is 5.10. The number of hydrogen-bond acceptors (Lipinski definition) is 3. The summed E-state index contributed by atoms with van der Waals surface area (Å²) in [6.45, 7) is 7.81. The molecule has 0 amide bonds. The average molecular weight is 226 g/mol. The number of nitrogens with zero attached hydrogens (tertiary/aromatic N) is 1. The third kappa shape index (κ3) is 3.44. The van der Waals surface area contributed by atoms with E-state index >= 15 is 0 Å². The van der Waals surface area contributed by atoms with Gasteiger partial charge in [0, 0.05) is 25.2 Å². The molecule has 2 atom stereocenters. The Bertz CT molecular complexity index is 192. The van der Waals surface area contributed by atoms with Crippen LogP contribution in [-0.4, -0.2) is 49.8 Å². The molecule has 16 heavy (non-hydrogen) atoms. The predicted molar refractivity (Wildman–Crippen MR) is 66.7 cm³/mol. The van der Waals surface area contributed by atoms with Crippen LogP contribution in [0.1, 0.15) is 39.0 Å². The Morgan fingerprint density at radius 1 is 1.25 bits per heavy atom. The lowest BCUT2D eigenvalue weighted by molar-refractivity contribution is 0.0644. The first-order chi connectivity index (χ1) is 7.90. The summed E-state index contributed by atoms with van der Waals surface area (Å²) < 4.78 is 5.50. The van der Waals surface area contributed by atoms with Gasteiger partial charge in [-0.25, -0.2) is 0 Å². The molecule has 2 unspecified atom stereocenters. The standard InChI is InChI=1S/C13H26N2O/c1-2-15-8-4-3-7-13(15)10-14-12-6-5-9-16-11-12/h12-14H,2-11H2,1H3. The molecule has 2 heterocycles. The largest absolute Gasteiger partial charge is 0.380 e. The Balaban J connectivity index is 1.70. The van der Waals surface area contributed by atoms with Gasteiger partial charge in [0.2, 0.25) is 0 Å². The highest BCUT2D eigenvalue weighted by atomic mass is 16.5. The van der Waals surface area contributed by atoms with E-state index in [4.69, 9.17) is 4.74 Å². The van der Waals surface area contributed by atoms with Crippen LogP contribution in [0.15, 0.2) is 0 Å². The molecule has 2 saturated heterocycles. The van der Waals surface area contributed by atoms with Crippen molar-refractivity contribution < 1.29 is 4.74 Å². The number of hydrogen-bond donors (Lipinski definition) is 1. The van der Waals surface area contributed by atoms with Crippen molar-refractivity contribution in [3.63, 3.8) is 0 Å². The van der Waals surface area contributed by atoms with Crippen LogP contribution in [0.2, 0.25) is 0 Å². The Morgan fingerprint density at radius 3 is 2.94 bits per heavy atom. The van der Waals surface area contributed by atoms with Crippen molar-refractivity contribution in [2.24, 2.45) is 0 Å². The number of ether oxygens (including phenoxy) is 1. The van der Waals surface area contributed by atoms with Crippen molar-refractivity contribution in [2.75, 3.05) is 32.8 Å². The van der Waals surface area contributed by atoms with Gasteiger partial charge in [-0.1, -0.05) is 13.3 Å². The van der Waals surface area contributed by atoms with E-state index < -0.39 is 0 Å². The molecular formula is C13H26N2O.